The lowest BCUT2D eigenvalue weighted by molar-refractivity contribution is 0.417. The fraction of sp³-hybridized carbons (Fsp3) is 0.0625. The Morgan fingerprint density at radius 3 is 2.85 bits per heavy atom. The zero-order chi connectivity index (χ0) is 18.1. The predicted molar refractivity (Wildman–Crippen MR) is 98.8 cm³/mol. The summed E-state index contributed by atoms with van der Waals surface area (Å²) in [6.07, 6.45) is 1.57. The number of thiophene rings is 1. The van der Waals surface area contributed by atoms with E-state index >= 15 is 0 Å². The molecule has 0 unspecified atom stereocenters. The fourth-order valence-corrected chi connectivity index (χ4v) is 4.50. The molecule has 0 aliphatic carbocycles. The summed E-state index contributed by atoms with van der Waals surface area (Å²) in [5.41, 5.74) is 2.24. The maximum Gasteiger partial charge on any atom is 0.271 e. The highest BCUT2D eigenvalue weighted by atomic mass is 32.2. The molecule has 0 saturated heterocycles. The van der Waals surface area contributed by atoms with Gasteiger partial charge in [0.2, 0.25) is 0 Å². The van der Waals surface area contributed by atoms with Crippen molar-refractivity contribution in [3.63, 3.8) is 0 Å². The number of H-pyrrole nitrogens is 1. The van der Waals surface area contributed by atoms with E-state index in [1.54, 1.807) is 48.0 Å². The summed E-state index contributed by atoms with van der Waals surface area (Å²) < 4.78 is 33.1. The lowest BCUT2D eigenvalue weighted by Gasteiger charge is -2.12. The van der Waals surface area contributed by atoms with Gasteiger partial charge in [-0.2, -0.15) is 5.10 Å². The van der Waals surface area contributed by atoms with Gasteiger partial charge >= 0.3 is 0 Å². The van der Waals surface area contributed by atoms with Crippen LogP contribution in [0.1, 0.15) is 0 Å². The highest BCUT2D eigenvalue weighted by Gasteiger charge is 2.18. The number of hydrogen-bond donors (Lipinski definition) is 2. The van der Waals surface area contributed by atoms with Crippen LogP contribution in [0.2, 0.25) is 0 Å². The van der Waals surface area contributed by atoms with E-state index in [1.807, 2.05) is 0 Å². The molecule has 0 aliphatic heterocycles. The van der Waals surface area contributed by atoms with Gasteiger partial charge in [0.1, 0.15) is 15.8 Å². The normalized spacial score (nSPS) is 11.6. The van der Waals surface area contributed by atoms with Gasteiger partial charge in [-0.05, 0) is 35.7 Å². The van der Waals surface area contributed by atoms with E-state index in [-0.39, 0.29) is 4.21 Å². The molecule has 0 radical (unpaired) electrons. The van der Waals surface area contributed by atoms with Gasteiger partial charge in [-0.3, -0.25) is 4.72 Å². The Hall–Kier alpha value is -2.98. The minimum absolute atomic E-state index is 0.226. The number of nitrogens with zero attached hydrogens (tertiary/aromatic N) is 3. The third-order valence-corrected chi connectivity index (χ3v) is 6.41. The maximum absolute atomic E-state index is 12.5. The van der Waals surface area contributed by atoms with Crippen molar-refractivity contribution in [1.82, 2.24) is 20.2 Å². The summed E-state index contributed by atoms with van der Waals surface area (Å²) in [6.45, 7) is 0. The number of sulfonamides is 1. The van der Waals surface area contributed by atoms with Crippen molar-refractivity contribution in [3.05, 3.63) is 48.0 Å². The summed E-state index contributed by atoms with van der Waals surface area (Å²) in [5, 5.41) is 9.45. The van der Waals surface area contributed by atoms with Gasteiger partial charge in [-0.25, -0.2) is 13.4 Å². The second kappa shape index (κ2) is 6.39. The number of aromatic amines is 1. The van der Waals surface area contributed by atoms with Crippen molar-refractivity contribution < 1.29 is 13.2 Å². The maximum atomic E-state index is 12.5. The number of methoxy groups -OCH3 is 1. The number of fused-ring (bicyclic) bond motifs is 1. The molecule has 4 rings (SSSR count). The SMILES string of the molecule is COc1ccc(-c2nc3nnccc3[nH]2)cc1NS(=O)(=O)c1cccs1. The Labute approximate surface area is 152 Å². The Morgan fingerprint density at radius 2 is 2.12 bits per heavy atom. The minimum Gasteiger partial charge on any atom is -0.495 e. The lowest BCUT2D eigenvalue weighted by atomic mass is 10.2. The Kier molecular flexibility index (Phi) is 4.05. The topological polar surface area (TPSA) is 110 Å². The molecular formula is C16H13N5O3S2. The predicted octanol–water partition coefficient (Wildman–Crippen LogP) is 2.89. The highest BCUT2D eigenvalue weighted by molar-refractivity contribution is 7.94. The van der Waals surface area contributed by atoms with Gasteiger partial charge in [0, 0.05) is 5.56 Å². The molecule has 0 aliphatic rings. The van der Waals surface area contributed by atoms with Gasteiger partial charge in [0.05, 0.1) is 24.5 Å². The van der Waals surface area contributed by atoms with Crippen molar-refractivity contribution in [1.29, 1.82) is 0 Å². The van der Waals surface area contributed by atoms with E-state index < -0.39 is 10.0 Å². The summed E-state index contributed by atoms with van der Waals surface area (Å²) in [7, 11) is -2.21. The molecule has 4 aromatic rings. The number of nitrogens with one attached hydrogen (secondary N) is 2. The van der Waals surface area contributed by atoms with Crippen LogP contribution in [-0.4, -0.2) is 35.7 Å². The third-order valence-electron chi connectivity index (χ3n) is 3.65. The van der Waals surface area contributed by atoms with E-state index in [0.29, 0.717) is 28.5 Å². The van der Waals surface area contributed by atoms with Crippen LogP contribution in [0.15, 0.2) is 52.2 Å². The number of imidazole rings is 1. The quantitative estimate of drug-likeness (QED) is 0.545. The number of hydrogen-bond acceptors (Lipinski definition) is 7. The molecule has 0 amide bonds. The van der Waals surface area contributed by atoms with Crippen molar-refractivity contribution in [3.8, 4) is 17.1 Å². The second-order valence-corrected chi connectivity index (χ2v) is 8.16. The van der Waals surface area contributed by atoms with E-state index in [2.05, 4.69) is 24.9 Å². The molecule has 1 aromatic carbocycles. The molecule has 10 heteroatoms. The summed E-state index contributed by atoms with van der Waals surface area (Å²) in [6, 6.07) is 10.1. The molecule has 0 spiro atoms. The number of anilines is 1. The van der Waals surface area contributed by atoms with Crippen molar-refractivity contribution in [2.45, 2.75) is 4.21 Å². The van der Waals surface area contributed by atoms with Gasteiger partial charge < -0.3 is 9.72 Å². The first-order valence-electron chi connectivity index (χ1n) is 7.49. The number of aromatic nitrogens is 4. The monoisotopic (exact) mass is 387 g/mol. The Morgan fingerprint density at radius 1 is 1.23 bits per heavy atom. The standard InChI is InChI=1S/C16H13N5O3S2/c1-24-13-5-4-10(15-18-11-6-7-17-20-16(11)19-15)9-12(13)21-26(22,23)14-3-2-8-25-14/h2-9,21H,1H3,(H,18,19,20). The van der Waals surface area contributed by atoms with Crippen LogP contribution in [0, 0.1) is 0 Å². The molecule has 0 bridgehead atoms. The van der Waals surface area contributed by atoms with E-state index in [4.69, 9.17) is 4.74 Å². The van der Waals surface area contributed by atoms with Gasteiger partial charge in [0.25, 0.3) is 10.0 Å². The van der Waals surface area contributed by atoms with Crippen LogP contribution in [0.25, 0.3) is 22.6 Å². The molecule has 132 valence electrons. The van der Waals surface area contributed by atoms with Crippen molar-refractivity contribution in [2.75, 3.05) is 11.8 Å². The molecule has 3 aromatic heterocycles. The molecular weight excluding hydrogens is 374 g/mol. The van der Waals surface area contributed by atoms with Gasteiger partial charge in [-0.15, -0.1) is 16.4 Å². The second-order valence-electron chi connectivity index (χ2n) is 5.31. The first-order valence-corrected chi connectivity index (χ1v) is 9.85. The first kappa shape index (κ1) is 16.5. The Bertz CT molecular complexity index is 1140. The molecule has 0 atom stereocenters. The van der Waals surface area contributed by atoms with Crippen LogP contribution in [-0.2, 0) is 10.0 Å². The number of benzene rings is 1. The summed E-state index contributed by atoms with van der Waals surface area (Å²) in [5.74, 6) is 0.963. The first-order chi connectivity index (χ1) is 12.6. The van der Waals surface area contributed by atoms with E-state index in [9.17, 15) is 8.42 Å². The van der Waals surface area contributed by atoms with E-state index in [1.165, 1.54) is 7.11 Å². The van der Waals surface area contributed by atoms with Gasteiger partial charge in [0.15, 0.2) is 5.65 Å². The summed E-state index contributed by atoms with van der Waals surface area (Å²) in [4.78, 5) is 7.52. The van der Waals surface area contributed by atoms with Crippen LogP contribution in [0.4, 0.5) is 5.69 Å². The molecule has 0 fully saturated rings. The van der Waals surface area contributed by atoms with E-state index in [0.717, 1.165) is 16.9 Å². The Balaban J connectivity index is 1.76. The smallest absolute Gasteiger partial charge is 0.271 e. The molecule has 8 nitrogen and oxygen atoms in total. The van der Waals surface area contributed by atoms with Crippen molar-refractivity contribution >= 4 is 38.2 Å². The molecule has 2 N–H and O–H groups in total. The van der Waals surface area contributed by atoms with Crippen LogP contribution in [0.3, 0.4) is 0 Å². The average Bonchev–Trinajstić information content (AvgIpc) is 3.31. The van der Waals surface area contributed by atoms with Gasteiger partial charge in [-0.1, -0.05) is 6.07 Å². The summed E-state index contributed by atoms with van der Waals surface area (Å²) >= 11 is 1.14. The zero-order valence-electron chi connectivity index (χ0n) is 13.5. The molecule has 3 heterocycles. The lowest BCUT2D eigenvalue weighted by Crippen LogP contribution is -2.12. The minimum atomic E-state index is -3.69. The van der Waals surface area contributed by atoms with Crippen molar-refractivity contribution in [2.24, 2.45) is 0 Å². The van der Waals surface area contributed by atoms with Crippen LogP contribution < -0.4 is 9.46 Å². The fourth-order valence-electron chi connectivity index (χ4n) is 2.45. The number of rotatable bonds is 5. The van der Waals surface area contributed by atoms with Crippen LogP contribution in [0.5, 0.6) is 5.75 Å². The number of ether oxygens (including phenoxy) is 1. The zero-order valence-corrected chi connectivity index (χ0v) is 15.1. The molecule has 0 saturated carbocycles. The average molecular weight is 387 g/mol. The third kappa shape index (κ3) is 3.00. The van der Waals surface area contributed by atoms with Crippen LogP contribution >= 0.6 is 11.3 Å². The highest BCUT2D eigenvalue weighted by Crippen LogP contribution is 2.32. The molecule has 26 heavy (non-hydrogen) atoms. The largest absolute Gasteiger partial charge is 0.495 e.